The molecular formula is C22H22Cl2N4O3. The second-order valence-electron chi connectivity index (χ2n) is 7.47. The van der Waals surface area contributed by atoms with Crippen LogP contribution in [0.2, 0.25) is 10.0 Å². The number of carbonyl (C=O) groups is 2. The summed E-state index contributed by atoms with van der Waals surface area (Å²) in [7, 11) is 1.63. The molecule has 1 fully saturated rings. The Kier molecular flexibility index (Phi) is 6.46. The van der Waals surface area contributed by atoms with E-state index in [1.54, 1.807) is 36.3 Å². The summed E-state index contributed by atoms with van der Waals surface area (Å²) >= 11 is 12.3. The van der Waals surface area contributed by atoms with Crippen molar-refractivity contribution in [1.82, 2.24) is 20.2 Å². The molecule has 9 heteroatoms. The lowest BCUT2D eigenvalue weighted by molar-refractivity contribution is 0.0630. The Hall–Kier alpha value is -2.61. The quantitative estimate of drug-likeness (QED) is 0.580. The number of hydrogen-bond acceptors (Lipinski definition) is 4. The summed E-state index contributed by atoms with van der Waals surface area (Å²) in [6.45, 7) is 1.39. The number of imidazole rings is 1. The van der Waals surface area contributed by atoms with Crippen molar-refractivity contribution >= 4 is 46.0 Å². The van der Waals surface area contributed by atoms with Gasteiger partial charge in [-0.25, -0.2) is 4.98 Å². The first kappa shape index (κ1) is 21.6. The number of H-pyrrole nitrogens is 1. The molecule has 1 aromatic heterocycles. The number of aromatic nitrogens is 2. The molecule has 1 aliphatic rings. The van der Waals surface area contributed by atoms with E-state index in [0.717, 1.165) is 23.9 Å². The Morgan fingerprint density at radius 1 is 1.26 bits per heavy atom. The number of amides is 2. The van der Waals surface area contributed by atoms with Crippen molar-refractivity contribution in [3.8, 4) is 0 Å². The van der Waals surface area contributed by atoms with Crippen LogP contribution in [-0.2, 0) is 11.3 Å². The van der Waals surface area contributed by atoms with E-state index in [-0.39, 0.29) is 29.4 Å². The lowest BCUT2D eigenvalue weighted by atomic mass is 10.1. The first-order chi connectivity index (χ1) is 15.0. The van der Waals surface area contributed by atoms with E-state index in [1.165, 1.54) is 6.07 Å². The molecule has 2 aromatic carbocycles. The fraction of sp³-hybridized carbons (Fsp3) is 0.318. The second-order valence-corrected chi connectivity index (χ2v) is 8.32. The lowest BCUT2D eigenvalue weighted by Crippen LogP contribution is -2.38. The van der Waals surface area contributed by atoms with Gasteiger partial charge in [-0.05, 0) is 49.2 Å². The molecule has 0 bridgehead atoms. The Morgan fingerprint density at radius 3 is 2.87 bits per heavy atom. The Morgan fingerprint density at radius 2 is 2.10 bits per heavy atom. The molecule has 2 heterocycles. The van der Waals surface area contributed by atoms with Gasteiger partial charge in [0.2, 0.25) is 0 Å². The summed E-state index contributed by atoms with van der Waals surface area (Å²) < 4.78 is 5.22. The van der Waals surface area contributed by atoms with Gasteiger partial charge < -0.3 is 19.9 Å². The normalized spacial score (nSPS) is 16.1. The summed E-state index contributed by atoms with van der Waals surface area (Å²) in [6, 6.07) is 10.1. The number of likely N-dealkylation sites (tertiary alicyclic amines) is 1. The van der Waals surface area contributed by atoms with Crippen LogP contribution in [0.5, 0.6) is 0 Å². The predicted molar refractivity (Wildman–Crippen MR) is 120 cm³/mol. The molecule has 0 radical (unpaired) electrons. The lowest BCUT2D eigenvalue weighted by Gasteiger charge is -2.24. The third-order valence-electron chi connectivity index (χ3n) is 5.37. The van der Waals surface area contributed by atoms with Gasteiger partial charge >= 0.3 is 0 Å². The zero-order valence-corrected chi connectivity index (χ0v) is 18.5. The number of aromatic amines is 1. The molecule has 1 aliphatic heterocycles. The molecule has 0 aliphatic carbocycles. The largest absolute Gasteiger partial charge is 0.383 e. The highest BCUT2D eigenvalue weighted by molar-refractivity contribution is 6.34. The van der Waals surface area contributed by atoms with E-state index in [2.05, 4.69) is 15.3 Å². The second kappa shape index (κ2) is 9.26. The van der Waals surface area contributed by atoms with Gasteiger partial charge in [-0.2, -0.15) is 0 Å². The summed E-state index contributed by atoms with van der Waals surface area (Å²) in [6.07, 6.45) is 1.84. The number of ether oxygens (including phenoxy) is 1. The number of fused-ring (bicyclic) bond motifs is 1. The Labute approximate surface area is 189 Å². The molecule has 3 aromatic rings. The molecule has 1 saturated heterocycles. The van der Waals surface area contributed by atoms with Crippen LogP contribution in [0.25, 0.3) is 11.0 Å². The molecule has 2 N–H and O–H groups in total. The highest BCUT2D eigenvalue weighted by atomic mass is 35.5. The minimum absolute atomic E-state index is 0.0511. The van der Waals surface area contributed by atoms with Crippen molar-refractivity contribution in [1.29, 1.82) is 0 Å². The van der Waals surface area contributed by atoms with Crippen LogP contribution in [0.15, 0.2) is 36.4 Å². The highest BCUT2D eigenvalue weighted by Gasteiger charge is 2.30. The van der Waals surface area contributed by atoms with Crippen molar-refractivity contribution in [2.24, 2.45) is 0 Å². The number of methoxy groups -OCH3 is 1. The molecule has 2 amide bonds. The Balaban J connectivity index is 1.43. The van der Waals surface area contributed by atoms with Gasteiger partial charge in [0, 0.05) is 24.2 Å². The van der Waals surface area contributed by atoms with Crippen molar-refractivity contribution in [3.63, 3.8) is 0 Å². The van der Waals surface area contributed by atoms with Gasteiger partial charge in [0.15, 0.2) is 0 Å². The number of nitrogens with one attached hydrogen (secondary N) is 2. The van der Waals surface area contributed by atoms with Crippen LogP contribution in [0.1, 0.15) is 39.4 Å². The van der Waals surface area contributed by atoms with Gasteiger partial charge in [-0.3, -0.25) is 9.59 Å². The minimum Gasteiger partial charge on any atom is -0.383 e. The Bertz CT molecular complexity index is 1130. The number of rotatable bonds is 6. The van der Waals surface area contributed by atoms with Crippen molar-refractivity contribution in [2.75, 3.05) is 20.3 Å². The van der Waals surface area contributed by atoms with Crippen LogP contribution < -0.4 is 5.32 Å². The minimum atomic E-state index is -0.308. The van der Waals surface area contributed by atoms with E-state index >= 15 is 0 Å². The van der Waals surface area contributed by atoms with Gasteiger partial charge in [-0.1, -0.05) is 23.2 Å². The molecule has 31 heavy (non-hydrogen) atoms. The van der Waals surface area contributed by atoms with Crippen LogP contribution in [0.4, 0.5) is 0 Å². The van der Waals surface area contributed by atoms with Crippen LogP contribution in [0, 0.1) is 0 Å². The van der Waals surface area contributed by atoms with Crippen molar-refractivity contribution in [3.05, 3.63) is 63.4 Å². The van der Waals surface area contributed by atoms with Gasteiger partial charge in [-0.15, -0.1) is 0 Å². The summed E-state index contributed by atoms with van der Waals surface area (Å²) in [4.78, 5) is 34.8. The molecule has 7 nitrogen and oxygen atoms in total. The van der Waals surface area contributed by atoms with Gasteiger partial charge in [0.05, 0.1) is 40.8 Å². The van der Waals surface area contributed by atoms with E-state index in [0.29, 0.717) is 35.1 Å². The SMILES string of the molecule is COC[C@@H]1CCCN1C(=O)c1ccc(C(=O)NCc2nc3cc(Cl)ccc3[nH]2)cc1Cl. The number of hydrogen-bond donors (Lipinski definition) is 2. The summed E-state index contributed by atoms with van der Waals surface area (Å²) in [5.74, 6) is 0.164. The summed E-state index contributed by atoms with van der Waals surface area (Å²) in [5.41, 5.74) is 2.33. The van der Waals surface area contributed by atoms with E-state index < -0.39 is 0 Å². The van der Waals surface area contributed by atoms with Crippen molar-refractivity contribution in [2.45, 2.75) is 25.4 Å². The number of carbonyl (C=O) groups excluding carboxylic acids is 2. The first-order valence-corrected chi connectivity index (χ1v) is 10.7. The van der Waals surface area contributed by atoms with E-state index in [9.17, 15) is 9.59 Å². The fourth-order valence-electron chi connectivity index (χ4n) is 3.83. The van der Waals surface area contributed by atoms with E-state index in [4.69, 9.17) is 27.9 Å². The number of nitrogens with zero attached hydrogens (tertiary/aromatic N) is 2. The van der Waals surface area contributed by atoms with Gasteiger partial charge in [0.1, 0.15) is 5.82 Å². The van der Waals surface area contributed by atoms with Crippen LogP contribution in [0.3, 0.4) is 0 Å². The predicted octanol–water partition coefficient (Wildman–Crippen LogP) is 4.05. The molecule has 1 atom stereocenters. The summed E-state index contributed by atoms with van der Waals surface area (Å²) in [5, 5.41) is 3.66. The fourth-order valence-corrected chi connectivity index (χ4v) is 4.26. The molecule has 162 valence electrons. The van der Waals surface area contributed by atoms with Crippen molar-refractivity contribution < 1.29 is 14.3 Å². The zero-order chi connectivity index (χ0) is 22.0. The van der Waals surface area contributed by atoms with Gasteiger partial charge in [0.25, 0.3) is 11.8 Å². The number of benzene rings is 2. The third kappa shape index (κ3) is 4.69. The molecular weight excluding hydrogens is 439 g/mol. The average molecular weight is 461 g/mol. The third-order valence-corrected chi connectivity index (χ3v) is 5.92. The zero-order valence-electron chi connectivity index (χ0n) is 17.0. The molecule has 0 spiro atoms. The number of halogens is 2. The topological polar surface area (TPSA) is 87.3 Å². The van der Waals surface area contributed by atoms with E-state index in [1.807, 2.05) is 6.07 Å². The van der Waals surface area contributed by atoms with Crippen LogP contribution in [-0.4, -0.2) is 53.0 Å². The highest BCUT2D eigenvalue weighted by Crippen LogP contribution is 2.25. The van der Waals surface area contributed by atoms with Crippen LogP contribution >= 0.6 is 23.2 Å². The average Bonchev–Trinajstić information content (AvgIpc) is 3.38. The molecule has 4 rings (SSSR count). The maximum Gasteiger partial charge on any atom is 0.255 e. The first-order valence-electron chi connectivity index (χ1n) is 9.98. The maximum absolute atomic E-state index is 12.9. The molecule has 0 unspecified atom stereocenters. The smallest absolute Gasteiger partial charge is 0.255 e. The maximum atomic E-state index is 12.9. The standard InChI is InChI=1S/C22H22Cl2N4O3/c1-31-12-15-3-2-8-28(15)22(30)16-6-4-13(9-17(16)24)21(29)25-11-20-26-18-7-5-14(23)10-19(18)27-20/h4-7,9-10,15H,2-3,8,11-12H2,1H3,(H,25,29)(H,26,27)/t15-/m0/s1. The molecule has 0 saturated carbocycles. The monoisotopic (exact) mass is 460 g/mol.